The molecule has 0 aromatic carbocycles. The highest BCUT2D eigenvalue weighted by Crippen LogP contribution is 2.09. The lowest BCUT2D eigenvalue weighted by Gasteiger charge is -2.19. The number of carbonyl (C=O) groups excluding carboxylic acids is 2. The van der Waals surface area contributed by atoms with Gasteiger partial charge in [0.1, 0.15) is 12.2 Å². The van der Waals surface area contributed by atoms with Gasteiger partial charge in [-0.15, -0.1) is 0 Å². The number of nitrogens with one attached hydrogen (secondary N) is 1. The molecule has 1 heterocycles. The number of nitrogens with zero attached hydrogens (tertiary/aromatic N) is 2. The normalized spacial score (nSPS) is 10.8. The second-order valence-electron chi connectivity index (χ2n) is 5.65. The summed E-state index contributed by atoms with van der Waals surface area (Å²) in [5.41, 5.74) is -0.155. The highest BCUT2D eigenvalue weighted by Gasteiger charge is 2.15. The lowest BCUT2D eigenvalue weighted by atomic mass is 10.2. The first-order valence-corrected chi connectivity index (χ1v) is 7.11. The first kappa shape index (κ1) is 18.7. The Kier molecular flexibility index (Phi) is 6.77. The third-order valence-electron chi connectivity index (χ3n) is 2.56. The van der Waals surface area contributed by atoms with Gasteiger partial charge in [-0.05, 0) is 26.8 Å². The number of hydrogen-bond acceptors (Lipinski definition) is 6. The SMILES string of the molecule is CON(C)C(=O)c1ccc(OCCNC(=O)OC(C)(C)C)nc1. The molecule has 0 saturated carbocycles. The Balaban J connectivity index is 2.36. The maximum Gasteiger partial charge on any atom is 0.407 e. The van der Waals surface area contributed by atoms with Crippen molar-refractivity contribution in [1.29, 1.82) is 0 Å². The quantitative estimate of drug-likeness (QED) is 0.631. The van der Waals surface area contributed by atoms with Crippen LogP contribution in [0.15, 0.2) is 18.3 Å². The summed E-state index contributed by atoms with van der Waals surface area (Å²) in [5.74, 6) is 0.0470. The van der Waals surface area contributed by atoms with E-state index in [9.17, 15) is 9.59 Å². The summed E-state index contributed by atoms with van der Waals surface area (Å²) in [6.45, 7) is 5.88. The first-order valence-electron chi connectivity index (χ1n) is 7.11. The van der Waals surface area contributed by atoms with Crippen molar-refractivity contribution >= 4 is 12.0 Å². The van der Waals surface area contributed by atoms with Crippen molar-refractivity contribution in [2.45, 2.75) is 26.4 Å². The largest absolute Gasteiger partial charge is 0.476 e. The van der Waals surface area contributed by atoms with Crippen molar-refractivity contribution in [3.8, 4) is 5.88 Å². The fourth-order valence-electron chi connectivity index (χ4n) is 1.48. The van der Waals surface area contributed by atoms with Crippen molar-refractivity contribution in [2.24, 2.45) is 0 Å². The van der Waals surface area contributed by atoms with Crippen LogP contribution in [0.2, 0.25) is 0 Å². The summed E-state index contributed by atoms with van der Waals surface area (Å²) in [7, 11) is 2.91. The Morgan fingerprint density at radius 2 is 2.00 bits per heavy atom. The van der Waals surface area contributed by atoms with E-state index in [0.29, 0.717) is 11.4 Å². The number of amides is 2. The van der Waals surface area contributed by atoms with E-state index in [-0.39, 0.29) is 19.1 Å². The third kappa shape index (κ3) is 6.96. The minimum Gasteiger partial charge on any atom is -0.476 e. The van der Waals surface area contributed by atoms with Gasteiger partial charge in [-0.25, -0.2) is 14.8 Å². The molecule has 128 valence electrons. The van der Waals surface area contributed by atoms with Gasteiger partial charge >= 0.3 is 6.09 Å². The number of ether oxygens (including phenoxy) is 2. The van der Waals surface area contributed by atoms with Crippen LogP contribution < -0.4 is 10.1 Å². The summed E-state index contributed by atoms with van der Waals surface area (Å²) in [6.07, 6.45) is 0.895. The second kappa shape index (κ2) is 8.33. The van der Waals surface area contributed by atoms with E-state index in [1.807, 2.05) is 0 Å². The Bertz CT molecular complexity index is 525. The topological polar surface area (TPSA) is 90.0 Å². The van der Waals surface area contributed by atoms with E-state index >= 15 is 0 Å². The van der Waals surface area contributed by atoms with Crippen LogP contribution in [0.5, 0.6) is 5.88 Å². The number of alkyl carbamates (subject to hydrolysis) is 1. The zero-order valence-electron chi connectivity index (χ0n) is 14.1. The minimum atomic E-state index is -0.537. The van der Waals surface area contributed by atoms with Crippen LogP contribution in [-0.2, 0) is 9.57 Å². The molecular formula is C15H23N3O5. The molecule has 0 atom stereocenters. The van der Waals surface area contributed by atoms with Crippen molar-refractivity contribution in [3.63, 3.8) is 0 Å². The first-order chi connectivity index (χ1) is 10.7. The molecule has 0 aliphatic rings. The molecule has 0 bridgehead atoms. The standard InChI is InChI=1S/C15H23N3O5/c1-15(2,3)23-14(20)16-8-9-22-12-7-6-11(10-17-12)13(19)18(4)21-5/h6-7,10H,8-9H2,1-5H3,(H,16,20). The highest BCUT2D eigenvalue weighted by molar-refractivity contribution is 5.93. The van der Waals surface area contributed by atoms with E-state index in [1.165, 1.54) is 20.4 Å². The smallest absolute Gasteiger partial charge is 0.407 e. The molecule has 0 fully saturated rings. The number of hydroxylamine groups is 2. The predicted octanol–water partition coefficient (Wildman–Crippen LogP) is 1.62. The molecule has 2 amide bonds. The van der Waals surface area contributed by atoms with Gasteiger partial charge in [0.05, 0.1) is 19.2 Å². The molecule has 0 aliphatic heterocycles. The molecule has 23 heavy (non-hydrogen) atoms. The summed E-state index contributed by atoms with van der Waals surface area (Å²) in [4.78, 5) is 32.0. The van der Waals surface area contributed by atoms with Gasteiger partial charge in [-0.2, -0.15) is 0 Å². The molecule has 8 heteroatoms. The number of hydrogen-bond donors (Lipinski definition) is 1. The van der Waals surface area contributed by atoms with Gasteiger partial charge in [0.25, 0.3) is 5.91 Å². The van der Waals surface area contributed by atoms with Gasteiger partial charge in [0.2, 0.25) is 5.88 Å². The molecule has 0 saturated heterocycles. The number of aromatic nitrogens is 1. The van der Waals surface area contributed by atoms with Crippen molar-refractivity contribution in [2.75, 3.05) is 27.3 Å². The van der Waals surface area contributed by atoms with Crippen LogP contribution in [0.25, 0.3) is 0 Å². The Morgan fingerprint density at radius 3 is 2.52 bits per heavy atom. The van der Waals surface area contributed by atoms with Crippen molar-refractivity contribution in [3.05, 3.63) is 23.9 Å². The van der Waals surface area contributed by atoms with Crippen molar-refractivity contribution in [1.82, 2.24) is 15.4 Å². The Labute approximate surface area is 135 Å². The van der Waals surface area contributed by atoms with Gasteiger partial charge in [0, 0.05) is 19.3 Å². The van der Waals surface area contributed by atoms with Gasteiger partial charge in [0.15, 0.2) is 0 Å². The molecule has 8 nitrogen and oxygen atoms in total. The Hall–Kier alpha value is -2.35. The average Bonchev–Trinajstić information content (AvgIpc) is 2.49. The fourth-order valence-corrected chi connectivity index (χ4v) is 1.48. The summed E-state index contributed by atoms with van der Waals surface area (Å²) < 4.78 is 10.5. The van der Waals surface area contributed by atoms with E-state index in [1.54, 1.807) is 32.9 Å². The van der Waals surface area contributed by atoms with E-state index < -0.39 is 11.7 Å². The Morgan fingerprint density at radius 1 is 1.30 bits per heavy atom. The molecule has 0 unspecified atom stereocenters. The molecule has 1 aromatic rings. The maximum atomic E-state index is 11.8. The maximum absolute atomic E-state index is 11.8. The number of pyridine rings is 1. The van der Waals surface area contributed by atoms with Crippen LogP contribution in [-0.4, -0.2) is 55.0 Å². The van der Waals surface area contributed by atoms with Crippen LogP contribution in [0.4, 0.5) is 4.79 Å². The zero-order valence-corrected chi connectivity index (χ0v) is 14.1. The fraction of sp³-hybridized carbons (Fsp3) is 0.533. The minimum absolute atomic E-state index is 0.234. The second-order valence-corrected chi connectivity index (χ2v) is 5.65. The van der Waals surface area contributed by atoms with Crippen LogP contribution in [0.1, 0.15) is 31.1 Å². The van der Waals surface area contributed by atoms with Gasteiger partial charge in [-0.1, -0.05) is 0 Å². The molecule has 0 spiro atoms. The summed E-state index contributed by atoms with van der Waals surface area (Å²) in [5, 5.41) is 3.67. The molecule has 1 aromatic heterocycles. The molecule has 0 radical (unpaired) electrons. The monoisotopic (exact) mass is 325 g/mol. The van der Waals surface area contributed by atoms with Crippen LogP contribution in [0.3, 0.4) is 0 Å². The molecule has 1 rings (SSSR count). The number of carbonyl (C=O) groups is 2. The van der Waals surface area contributed by atoms with Crippen molar-refractivity contribution < 1.29 is 23.9 Å². The average molecular weight is 325 g/mol. The van der Waals surface area contributed by atoms with E-state index in [2.05, 4.69) is 10.3 Å². The van der Waals surface area contributed by atoms with E-state index in [4.69, 9.17) is 14.3 Å². The molecule has 0 aliphatic carbocycles. The van der Waals surface area contributed by atoms with Crippen LogP contribution in [0, 0.1) is 0 Å². The summed E-state index contributed by atoms with van der Waals surface area (Å²) in [6, 6.07) is 3.16. The summed E-state index contributed by atoms with van der Waals surface area (Å²) >= 11 is 0. The zero-order chi connectivity index (χ0) is 17.5. The lowest BCUT2D eigenvalue weighted by molar-refractivity contribution is -0.0757. The number of rotatable bonds is 6. The highest BCUT2D eigenvalue weighted by atomic mass is 16.7. The van der Waals surface area contributed by atoms with Crippen LogP contribution >= 0.6 is 0 Å². The predicted molar refractivity (Wildman–Crippen MR) is 83.1 cm³/mol. The van der Waals surface area contributed by atoms with E-state index in [0.717, 1.165) is 5.06 Å². The molecule has 1 N–H and O–H groups in total. The van der Waals surface area contributed by atoms with Gasteiger partial charge < -0.3 is 14.8 Å². The van der Waals surface area contributed by atoms with Gasteiger partial charge in [-0.3, -0.25) is 9.63 Å². The third-order valence-corrected chi connectivity index (χ3v) is 2.56. The molecular weight excluding hydrogens is 302 g/mol. The lowest BCUT2D eigenvalue weighted by Crippen LogP contribution is -2.34.